The van der Waals surface area contributed by atoms with Crippen molar-refractivity contribution in [3.05, 3.63) is 66.2 Å². The van der Waals surface area contributed by atoms with Gasteiger partial charge in [0, 0.05) is 12.2 Å². The molecule has 2 aromatic rings. The highest BCUT2D eigenvalue weighted by Gasteiger charge is 2.42. The maximum absolute atomic E-state index is 5.97. The first-order valence-corrected chi connectivity index (χ1v) is 7.42. The summed E-state index contributed by atoms with van der Waals surface area (Å²) in [5.41, 5.74) is 8.66. The molecule has 1 aliphatic rings. The number of guanidine groups is 1. The Labute approximate surface area is 125 Å². The predicted octanol–water partition coefficient (Wildman–Crippen LogP) is 3.44. The molecule has 108 valence electrons. The van der Waals surface area contributed by atoms with Crippen LogP contribution in [0.4, 0.5) is 5.69 Å². The van der Waals surface area contributed by atoms with E-state index in [1.54, 1.807) is 0 Å². The van der Waals surface area contributed by atoms with Gasteiger partial charge in [0.1, 0.15) is 0 Å². The maximum atomic E-state index is 5.97. The van der Waals surface area contributed by atoms with Crippen molar-refractivity contribution < 1.29 is 0 Å². The van der Waals surface area contributed by atoms with E-state index in [0.717, 1.165) is 18.7 Å². The van der Waals surface area contributed by atoms with E-state index in [0.29, 0.717) is 11.4 Å². The fourth-order valence-corrected chi connectivity index (χ4v) is 2.56. The number of para-hydroxylation sites is 1. The van der Waals surface area contributed by atoms with E-state index >= 15 is 0 Å². The molecular formula is C18H21N3. The number of rotatable bonds is 5. The van der Waals surface area contributed by atoms with Crippen molar-refractivity contribution in [2.45, 2.75) is 19.3 Å². The Bertz CT molecular complexity index is 601. The van der Waals surface area contributed by atoms with Crippen LogP contribution >= 0.6 is 0 Å². The van der Waals surface area contributed by atoms with Crippen molar-refractivity contribution in [3.63, 3.8) is 0 Å². The summed E-state index contributed by atoms with van der Waals surface area (Å²) >= 11 is 0. The summed E-state index contributed by atoms with van der Waals surface area (Å²) in [5.74, 6) is 0.500. The third-order valence-electron chi connectivity index (χ3n) is 4.01. The Morgan fingerprint density at radius 1 is 1.00 bits per heavy atom. The van der Waals surface area contributed by atoms with E-state index in [2.05, 4.69) is 40.6 Å². The number of hydrogen-bond donors (Lipinski definition) is 2. The van der Waals surface area contributed by atoms with Crippen LogP contribution in [-0.2, 0) is 6.42 Å². The van der Waals surface area contributed by atoms with Crippen LogP contribution in [0.25, 0.3) is 0 Å². The van der Waals surface area contributed by atoms with Gasteiger partial charge in [0.15, 0.2) is 5.96 Å². The molecule has 0 radical (unpaired) electrons. The fourth-order valence-electron chi connectivity index (χ4n) is 2.56. The standard InChI is InChI=1S/C18H21N3/c19-17(21-16-9-5-2-6-10-16)20-14-18(11-12-18)13-15-7-3-1-4-8-15/h1-10H,11-14H2,(H3,19,20,21). The van der Waals surface area contributed by atoms with Crippen molar-refractivity contribution in [1.29, 1.82) is 0 Å². The molecule has 1 saturated carbocycles. The van der Waals surface area contributed by atoms with Gasteiger partial charge in [0.05, 0.1) is 0 Å². The molecule has 0 amide bonds. The van der Waals surface area contributed by atoms with E-state index in [-0.39, 0.29) is 0 Å². The van der Waals surface area contributed by atoms with E-state index in [1.165, 1.54) is 18.4 Å². The molecule has 3 heteroatoms. The molecule has 2 aromatic carbocycles. The maximum Gasteiger partial charge on any atom is 0.193 e. The Kier molecular flexibility index (Phi) is 3.91. The smallest absolute Gasteiger partial charge is 0.193 e. The Morgan fingerprint density at radius 3 is 2.24 bits per heavy atom. The minimum Gasteiger partial charge on any atom is -0.370 e. The molecule has 3 rings (SSSR count). The van der Waals surface area contributed by atoms with Gasteiger partial charge < -0.3 is 11.1 Å². The zero-order chi connectivity index (χ0) is 14.5. The van der Waals surface area contributed by atoms with Gasteiger partial charge in [0.25, 0.3) is 0 Å². The SMILES string of the molecule is NC(=NCC1(Cc2ccccc2)CC1)Nc1ccccc1. The molecule has 0 aliphatic heterocycles. The lowest BCUT2D eigenvalue weighted by Crippen LogP contribution is -2.24. The second kappa shape index (κ2) is 6.00. The number of nitrogens with one attached hydrogen (secondary N) is 1. The van der Waals surface area contributed by atoms with Gasteiger partial charge in [-0.3, -0.25) is 4.99 Å². The number of nitrogens with two attached hydrogens (primary N) is 1. The molecule has 0 bridgehead atoms. The van der Waals surface area contributed by atoms with Crippen LogP contribution in [0.5, 0.6) is 0 Å². The van der Waals surface area contributed by atoms with Crippen molar-refractivity contribution in [2.75, 3.05) is 11.9 Å². The zero-order valence-corrected chi connectivity index (χ0v) is 12.1. The van der Waals surface area contributed by atoms with Crippen molar-refractivity contribution in [2.24, 2.45) is 16.1 Å². The first-order chi connectivity index (χ1) is 10.3. The van der Waals surface area contributed by atoms with E-state index in [1.807, 2.05) is 30.3 Å². The second-order valence-corrected chi connectivity index (χ2v) is 5.85. The quantitative estimate of drug-likeness (QED) is 0.650. The normalized spacial score (nSPS) is 16.5. The monoisotopic (exact) mass is 279 g/mol. The van der Waals surface area contributed by atoms with Crippen LogP contribution in [0.3, 0.4) is 0 Å². The summed E-state index contributed by atoms with van der Waals surface area (Å²) in [4.78, 5) is 4.53. The lowest BCUT2D eigenvalue weighted by molar-refractivity contribution is 0.522. The zero-order valence-electron chi connectivity index (χ0n) is 12.1. The summed E-state index contributed by atoms with van der Waals surface area (Å²) in [6.07, 6.45) is 3.57. The van der Waals surface area contributed by atoms with E-state index in [4.69, 9.17) is 5.73 Å². The molecule has 1 fully saturated rings. The molecule has 0 atom stereocenters. The van der Waals surface area contributed by atoms with Gasteiger partial charge in [-0.05, 0) is 42.4 Å². The average Bonchev–Trinajstić information content (AvgIpc) is 3.27. The van der Waals surface area contributed by atoms with E-state index < -0.39 is 0 Å². The summed E-state index contributed by atoms with van der Waals surface area (Å²) < 4.78 is 0. The Morgan fingerprint density at radius 2 is 1.62 bits per heavy atom. The minimum absolute atomic E-state index is 0.324. The summed E-state index contributed by atoms with van der Waals surface area (Å²) in [7, 11) is 0. The summed E-state index contributed by atoms with van der Waals surface area (Å²) in [6.45, 7) is 0.799. The molecular weight excluding hydrogens is 258 g/mol. The molecule has 1 aliphatic carbocycles. The molecule has 3 nitrogen and oxygen atoms in total. The first-order valence-electron chi connectivity index (χ1n) is 7.42. The van der Waals surface area contributed by atoms with Crippen molar-refractivity contribution in [1.82, 2.24) is 0 Å². The van der Waals surface area contributed by atoms with Gasteiger partial charge in [-0.25, -0.2) is 0 Å². The third kappa shape index (κ3) is 3.85. The number of anilines is 1. The van der Waals surface area contributed by atoms with Gasteiger partial charge in [-0.1, -0.05) is 48.5 Å². The predicted molar refractivity (Wildman–Crippen MR) is 88.4 cm³/mol. The molecule has 0 spiro atoms. The highest BCUT2D eigenvalue weighted by molar-refractivity contribution is 5.92. The van der Waals surface area contributed by atoms with Gasteiger partial charge in [-0.2, -0.15) is 0 Å². The van der Waals surface area contributed by atoms with Crippen LogP contribution in [0.15, 0.2) is 65.7 Å². The Hall–Kier alpha value is -2.29. The minimum atomic E-state index is 0.324. The van der Waals surface area contributed by atoms with Crippen LogP contribution in [-0.4, -0.2) is 12.5 Å². The lowest BCUT2D eigenvalue weighted by Gasteiger charge is -2.13. The Balaban J connectivity index is 1.57. The number of hydrogen-bond acceptors (Lipinski definition) is 1. The summed E-state index contributed by atoms with van der Waals surface area (Å²) in [6, 6.07) is 20.5. The second-order valence-electron chi connectivity index (χ2n) is 5.85. The molecule has 0 unspecified atom stereocenters. The average molecular weight is 279 g/mol. The van der Waals surface area contributed by atoms with Gasteiger partial charge in [0.2, 0.25) is 0 Å². The molecule has 0 saturated heterocycles. The number of aliphatic imine (C=N–C) groups is 1. The van der Waals surface area contributed by atoms with Crippen molar-refractivity contribution in [3.8, 4) is 0 Å². The molecule has 21 heavy (non-hydrogen) atoms. The fraction of sp³-hybridized carbons (Fsp3) is 0.278. The van der Waals surface area contributed by atoms with Crippen LogP contribution in [0.2, 0.25) is 0 Å². The van der Waals surface area contributed by atoms with Crippen LogP contribution in [0.1, 0.15) is 18.4 Å². The highest BCUT2D eigenvalue weighted by atomic mass is 15.1. The molecule has 0 aromatic heterocycles. The number of benzene rings is 2. The van der Waals surface area contributed by atoms with Crippen LogP contribution < -0.4 is 11.1 Å². The lowest BCUT2D eigenvalue weighted by atomic mass is 9.97. The summed E-state index contributed by atoms with van der Waals surface area (Å²) in [5, 5.41) is 3.13. The van der Waals surface area contributed by atoms with Crippen LogP contribution in [0, 0.1) is 5.41 Å². The topological polar surface area (TPSA) is 50.4 Å². The molecule has 3 N–H and O–H groups in total. The van der Waals surface area contributed by atoms with Gasteiger partial charge in [-0.15, -0.1) is 0 Å². The third-order valence-corrected chi connectivity index (χ3v) is 4.01. The van der Waals surface area contributed by atoms with Crippen molar-refractivity contribution >= 4 is 11.6 Å². The highest BCUT2D eigenvalue weighted by Crippen LogP contribution is 2.48. The molecule has 0 heterocycles. The first kappa shape index (κ1) is 13.7. The largest absolute Gasteiger partial charge is 0.370 e. The van der Waals surface area contributed by atoms with Gasteiger partial charge >= 0.3 is 0 Å². The van der Waals surface area contributed by atoms with E-state index in [9.17, 15) is 0 Å². The number of nitrogens with zero attached hydrogens (tertiary/aromatic N) is 1.